The van der Waals surface area contributed by atoms with Crippen molar-refractivity contribution in [2.24, 2.45) is 0 Å². The Morgan fingerprint density at radius 3 is 2.00 bits per heavy atom. The van der Waals surface area contributed by atoms with Crippen LogP contribution in [0.5, 0.6) is 0 Å². The van der Waals surface area contributed by atoms with E-state index in [1.807, 2.05) is 0 Å². The van der Waals surface area contributed by atoms with Gasteiger partial charge in [-0.3, -0.25) is 14.4 Å². The van der Waals surface area contributed by atoms with Crippen molar-refractivity contribution >= 4 is 20.2 Å². The first-order chi connectivity index (χ1) is 5.63. The summed E-state index contributed by atoms with van der Waals surface area (Å²) in [5, 5.41) is 0.947. The maximum atomic E-state index is 10.4. The maximum Gasteiger partial charge on any atom is 0.280 e. The lowest BCUT2D eigenvalue weighted by atomic mass is 10.6. The zero-order valence-corrected chi connectivity index (χ0v) is 8.47. The molecule has 0 radical (unpaired) electrons. The Balaban J connectivity index is 3.94. The first-order valence-corrected chi connectivity index (χ1v) is 6.39. The van der Waals surface area contributed by atoms with Crippen molar-refractivity contribution in [2.45, 2.75) is 12.3 Å². The van der Waals surface area contributed by atoms with Crippen LogP contribution in [0.15, 0.2) is 0 Å². The smallest absolute Gasteiger partial charge is 0.280 e. The summed E-state index contributed by atoms with van der Waals surface area (Å²) < 4.78 is 57.7. The molecule has 80 valence electrons. The van der Waals surface area contributed by atoms with E-state index in [0.717, 1.165) is 6.92 Å². The van der Waals surface area contributed by atoms with Gasteiger partial charge in [-0.05, 0) is 6.92 Å². The van der Waals surface area contributed by atoms with Gasteiger partial charge in [0.1, 0.15) is 5.37 Å². The van der Waals surface area contributed by atoms with Crippen LogP contribution in [0.2, 0.25) is 0 Å². The third kappa shape index (κ3) is 6.90. The van der Waals surface area contributed by atoms with Crippen molar-refractivity contribution in [3.63, 3.8) is 0 Å². The standard InChI is InChI=1S/C4H11NO6S2/c1-4(13(9,10)11)5-2-3-12(6,7)8/h4-5H,2-3H2,1H3,(H,6,7,8)(H,9,10,11). The van der Waals surface area contributed by atoms with E-state index < -0.39 is 31.4 Å². The van der Waals surface area contributed by atoms with Crippen LogP contribution >= 0.6 is 0 Å². The minimum absolute atomic E-state index is 0.250. The molecule has 0 aliphatic rings. The Bertz CT molecular complexity index is 343. The van der Waals surface area contributed by atoms with Gasteiger partial charge in [-0.15, -0.1) is 0 Å². The molecule has 0 rings (SSSR count). The van der Waals surface area contributed by atoms with E-state index in [-0.39, 0.29) is 6.54 Å². The van der Waals surface area contributed by atoms with E-state index in [2.05, 4.69) is 5.32 Å². The summed E-state index contributed by atoms with van der Waals surface area (Å²) in [5.41, 5.74) is 0. The Morgan fingerprint density at radius 1 is 1.23 bits per heavy atom. The van der Waals surface area contributed by atoms with E-state index in [9.17, 15) is 16.8 Å². The second-order valence-electron chi connectivity index (χ2n) is 2.40. The van der Waals surface area contributed by atoms with Gasteiger partial charge in [-0.2, -0.15) is 16.8 Å². The van der Waals surface area contributed by atoms with Gasteiger partial charge in [0.05, 0.1) is 5.75 Å². The van der Waals surface area contributed by atoms with Gasteiger partial charge < -0.3 is 0 Å². The molecule has 9 heteroatoms. The first-order valence-electron chi connectivity index (χ1n) is 3.28. The van der Waals surface area contributed by atoms with Crippen LogP contribution in [0.25, 0.3) is 0 Å². The molecule has 0 aliphatic heterocycles. The van der Waals surface area contributed by atoms with E-state index in [1.54, 1.807) is 0 Å². The van der Waals surface area contributed by atoms with Crippen molar-refractivity contribution in [3.8, 4) is 0 Å². The molecule has 7 nitrogen and oxygen atoms in total. The second kappa shape index (κ2) is 4.33. The lowest BCUT2D eigenvalue weighted by Gasteiger charge is -2.08. The largest absolute Gasteiger partial charge is 0.298 e. The van der Waals surface area contributed by atoms with Crippen LogP contribution in [-0.4, -0.2) is 43.6 Å². The number of nitrogens with one attached hydrogen (secondary N) is 1. The predicted octanol–water partition coefficient (Wildman–Crippen LogP) is -1.30. The molecule has 0 aliphatic carbocycles. The van der Waals surface area contributed by atoms with Gasteiger partial charge in [0.25, 0.3) is 20.2 Å². The van der Waals surface area contributed by atoms with E-state index >= 15 is 0 Å². The van der Waals surface area contributed by atoms with Crippen LogP contribution in [-0.2, 0) is 20.2 Å². The SMILES string of the molecule is CC(NCCS(=O)(=O)O)S(=O)(=O)O. The van der Waals surface area contributed by atoms with Crippen molar-refractivity contribution in [1.29, 1.82) is 0 Å². The maximum absolute atomic E-state index is 10.4. The minimum atomic E-state index is -4.21. The Labute approximate surface area is 76.6 Å². The molecule has 1 unspecified atom stereocenters. The van der Waals surface area contributed by atoms with Gasteiger partial charge in [-0.1, -0.05) is 0 Å². The molecule has 0 heterocycles. The molecule has 3 N–H and O–H groups in total. The van der Waals surface area contributed by atoms with Crippen molar-refractivity contribution in [3.05, 3.63) is 0 Å². The Hall–Kier alpha value is -0.220. The summed E-state index contributed by atoms with van der Waals surface area (Å²) in [7, 11) is -8.31. The van der Waals surface area contributed by atoms with Crippen LogP contribution in [0.3, 0.4) is 0 Å². The molecule has 0 saturated carbocycles. The summed E-state index contributed by atoms with van der Waals surface area (Å²) in [6, 6.07) is 0. The highest BCUT2D eigenvalue weighted by atomic mass is 32.2. The lowest BCUT2D eigenvalue weighted by Crippen LogP contribution is -2.36. The number of rotatable bonds is 5. The van der Waals surface area contributed by atoms with Crippen molar-refractivity contribution in [2.75, 3.05) is 12.3 Å². The molecule has 0 spiro atoms. The van der Waals surface area contributed by atoms with Crippen molar-refractivity contribution < 1.29 is 25.9 Å². The van der Waals surface area contributed by atoms with E-state index in [1.165, 1.54) is 0 Å². The zero-order chi connectivity index (χ0) is 10.7. The fourth-order valence-electron chi connectivity index (χ4n) is 0.496. The Kier molecular flexibility index (Phi) is 4.26. The molecule has 0 bridgehead atoms. The molecule has 0 saturated heterocycles. The zero-order valence-electron chi connectivity index (χ0n) is 6.84. The Morgan fingerprint density at radius 2 is 1.69 bits per heavy atom. The second-order valence-corrected chi connectivity index (χ2v) is 5.71. The molecule has 1 atom stereocenters. The highest BCUT2D eigenvalue weighted by Crippen LogP contribution is 1.91. The van der Waals surface area contributed by atoms with Gasteiger partial charge >= 0.3 is 0 Å². The topological polar surface area (TPSA) is 121 Å². The lowest BCUT2D eigenvalue weighted by molar-refractivity contribution is 0.453. The molecule has 0 aromatic carbocycles. The third-order valence-corrected chi connectivity index (χ3v) is 3.02. The minimum Gasteiger partial charge on any atom is -0.298 e. The van der Waals surface area contributed by atoms with Crippen LogP contribution < -0.4 is 5.32 Å². The normalized spacial score (nSPS) is 15.6. The van der Waals surface area contributed by atoms with Gasteiger partial charge in [0, 0.05) is 6.54 Å². The highest BCUT2D eigenvalue weighted by Gasteiger charge is 2.16. The summed E-state index contributed by atoms with van der Waals surface area (Å²) in [6.07, 6.45) is 0. The van der Waals surface area contributed by atoms with Gasteiger partial charge in [0.2, 0.25) is 0 Å². The highest BCUT2D eigenvalue weighted by molar-refractivity contribution is 7.86. The van der Waals surface area contributed by atoms with Crippen LogP contribution in [0.1, 0.15) is 6.92 Å². The van der Waals surface area contributed by atoms with Crippen LogP contribution in [0.4, 0.5) is 0 Å². The monoisotopic (exact) mass is 233 g/mol. The average molecular weight is 233 g/mol. The molecular formula is C4H11NO6S2. The molecule has 0 fully saturated rings. The van der Waals surface area contributed by atoms with Gasteiger partial charge in [0.15, 0.2) is 0 Å². The first kappa shape index (κ1) is 12.8. The predicted molar refractivity (Wildman–Crippen MR) is 45.4 cm³/mol. The van der Waals surface area contributed by atoms with E-state index in [4.69, 9.17) is 9.11 Å². The van der Waals surface area contributed by atoms with Gasteiger partial charge in [-0.25, -0.2) is 0 Å². The van der Waals surface area contributed by atoms with Crippen LogP contribution in [0, 0.1) is 0 Å². The summed E-state index contributed by atoms with van der Waals surface area (Å²) in [4.78, 5) is 0. The molecule has 0 amide bonds. The summed E-state index contributed by atoms with van der Waals surface area (Å²) in [6.45, 7) is 0.902. The fourth-order valence-corrected chi connectivity index (χ4v) is 1.20. The average Bonchev–Trinajstić information content (AvgIpc) is 1.82. The summed E-state index contributed by atoms with van der Waals surface area (Å²) >= 11 is 0. The fraction of sp³-hybridized carbons (Fsp3) is 1.00. The summed E-state index contributed by atoms with van der Waals surface area (Å²) in [5.74, 6) is -0.604. The van der Waals surface area contributed by atoms with Crippen molar-refractivity contribution in [1.82, 2.24) is 5.32 Å². The molecule has 0 aromatic rings. The number of hydrogen-bond donors (Lipinski definition) is 3. The number of hydrogen-bond acceptors (Lipinski definition) is 5. The molecule has 13 heavy (non-hydrogen) atoms. The molecular weight excluding hydrogens is 222 g/mol. The molecule has 0 aromatic heterocycles. The van der Waals surface area contributed by atoms with E-state index in [0.29, 0.717) is 0 Å². The third-order valence-electron chi connectivity index (χ3n) is 1.24. The quantitative estimate of drug-likeness (QED) is 0.504.